The molecule has 0 bridgehead atoms. The fourth-order valence-corrected chi connectivity index (χ4v) is 1.76. The molecule has 0 radical (unpaired) electrons. The van der Waals surface area contributed by atoms with Crippen molar-refractivity contribution in [3.8, 4) is 0 Å². The van der Waals surface area contributed by atoms with Gasteiger partial charge in [0, 0.05) is 32.1 Å². The highest BCUT2D eigenvalue weighted by Gasteiger charge is 2.19. The molecule has 2 rings (SSSR count). The first-order chi connectivity index (χ1) is 8.25. The summed E-state index contributed by atoms with van der Waals surface area (Å²) in [6.45, 7) is 2.58. The molecule has 0 unspecified atom stereocenters. The fraction of sp³-hybridized carbons (Fsp3) is 0.636. The first-order valence-electron chi connectivity index (χ1n) is 5.70. The lowest BCUT2D eigenvalue weighted by Gasteiger charge is -2.25. The Morgan fingerprint density at radius 1 is 1.71 bits per heavy atom. The van der Waals surface area contributed by atoms with Crippen molar-refractivity contribution in [2.24, 2.45) is 0 Å². The number of nitrogens with zero attached hydrogens (tertiary/aromatic N) is 2. The maximum absolute atomic E-state index is 11.9. The molecule has 0 saturated carbocycles. The summed E-state index contributed by atoms with van der Waals surface area (Å²) >= 11 is 0. The Hall–Kier alpha value is -1.40. The van der Waals surface area contributed by atoms with Crippen molar-refractivity contribution >= 4 is 5.91 Å². The van der Waals surface area contributed by atoms with E-state index < -0.39 is 0 Å². The molecule has 1 aliphatic rings. The normalized spacial score (nSPS) is 20.2. The molecule has 94 valence electrons. The molecule has 1 aromatic heterocycles. The van der Waals surface area contributed by atoms with Gasteiger partial charge in [0.25, 0.3) is 0 Å². The second-order valence-electron chi connectivity index (χ2n) is 4.16. The van der Waals surface area contributed by atoms with Crippen molar-refractivity contribution in [1.82, 2.24) is 15.4 Å². The van der Waals surface area contributed by atoms with Gasteiger partial charge in [-0.25, -0.2) is 0 Å². The lowest BCUT2D eigenvalue weighted by atomic mass is 10.2. The van der Waals surface area contributed by atoms with E-state index in [0.717, 1.165) is 13.2 Å². The minimum Gasteiger partial charge on any atom is -0.378 e. The summed E-state index contributed by atoms with van der Waals surface area (Å²) < 4.78 is 10.3. The van der Waals surface area contributed by atoms with E-state index >= 15 is 0 Å². The van der Waals surface area contributed by atoms with Crippen molar-refractivity contribution in [2.75, 3.05) is 26.8 Å². The Bertz CT molecular complexity index is 347. The third-order valence-electron chi connectivity index (χ3n) is 2.73. The topological polar surface area (TPSA) is 67.6 Å². The molecule has 6 nitrogen and oxygen atoms in total. The second kappa shape index (κ2) is 5.79. The molecule has 1 aliphatic heterocycles. The summed E-state index contributed by atoms with van der Waals surface area (Å²) in [7, 11) is 1.76. The molecule has 1 fully saturated rings. The number of carbonyl (C=O) groups is 1. The van der Waals surface area contributed by atoms with Crippen LogP contribution in [0.2, 0.25) is 0 Å². The molecule has 1 atom stereocenters. The molecule has 0 aromatic carbocycles. The zero-order valence-electron chi connectivity index (χ0n) is 9.89. The van der Waals surface area contributed by atoms with E-state index in [0.29, 0.717) is 25.3 Å². The van der Waals surface area contributed by atoms with Crippen molar-refractivity contribution in [3.05, 3.63) is 18.0 Å². The zero-order chi connectivity index (χ0) is 12.1. The molecule has 1 amide bonds. The van der Waals surface area contributed by atoms with E-state index in [1.807, 2.05) is 0 Å². The first kappa shape index (κ1) is 12.1. The van der Waals surface area contributed by atoms with Gasteiger partial charge in [0.2, 0.25) is 5.91 Å². The summed E-state index contributed by atoms with van der Waals surface area (Å²) in [4.78, 5) is 13.5. The number of hydrogen-bond acceptors (Lipinski definition) is 5. The molecule has 1 N–H and O–H groups in total. The van der Waals surface area contributed by atoms with Crippen LogP contribution in [-0.2, 0) is 16.1 Å². The molecule has 0 aliphatic carbocycles. The van der Waals surface area contributed by atoms with Gasteiger partial charge in [0.15, 0.2) is 5.76 Å². The van der Waals surface area contributed by atoms with Crippen LogP contribution in [0, 0.1) is 0 Å². The molecule has 1 saturated heterocycles. The van der Waals surface area contributed by atoms with Crippen molar-refractivity contribution < 1.29 is 14.1 Å². The van der Waals surface area contributed by atoms with Crippen LogP contribution in [0.5, 0.6) is 0 Å². The lowest BCUT2D eigenvalue weighted by molar-refractivity contribution is -0.131. The summed E-state index contributed by atoms with van der Waals surface area (Å²) in [6, 6.07) is 1.87. The van der Waals surface area contributed by atoms with Gasteiger partial charge in [0.05, 0.1) is 26.0 Å². The largest absolute Gasteiger partial charge is 0.378 e. The van der Waals surface area contributed by atoms with Crippen LogP contribution in [-0.4, -0.2) is 48.8 Å². The van der Waals surface area contributed by atoms with Crippen LogP contribution in [0.3, 0.4) is 0 Å². The SMILES string of the molecule is CN(Cc1ccno1)C(=O)C[C@H]1COCCN1. The summed E-state index contributed by atoms with van der Waals surface area (Å²) in [6.07, 6.45) is 2.02. The fourth-order valence-electron chi connectivity index (χ4n) is 1.76. The number of aromatic nitrogens is 1. The standard InChI is InChI=1S/C11H17N3O3/c1-14(7-10-2-3-13-17-10)11(15)6-9-8-16-5-4-12-9/h2-3,9,12H,4-8H2,1H3/t9-/m0/s1. The Kier molecular flexibility index (Phi) is 4.11. The second-order valence-corrected chi connectivity index (χ2v) is 4.16. The lowest BCUT2D eigenvalue weighted by Crippen LogP contribution is -2.44. The van der Waals surface area contributed by atoms with E-state index in [9.17, 15) is 4.79 Å². The van der Waals surface area contributed by atoms with E-state index in [4.69, 9.17) is 9.26 Å². The number of amides is 1. The highest BCUT2D eigenvalue weighted by Crippen LogP contribution is 2.06. The third kappa shape index (κ3) is 3.54. The summed E-state index contributed by atoms with van der Waals surface area (Å²) in [5, 5.41) is 6.86. The van der Waals surface area contributed by atoms with Crippen molar-refractivity contribution in [3.63, 3.8) is 0 Å². The predicted molar refractivity (Wildman–Crippen MR) is 60.2 cm³/mol. The summed E-state index contributed by atoms with van der Waals surface area (Å²) in [5.41, 5.74) is 0. The highest BCUT2D eigenvalue weighted by molar-refractivity contribution is 5.76. The van der Waals surface area contributed by atoms with E-state index in [2.05, 4.69) is 10.5 Å². The minimum atomic E-state index is 0.0735. The minimum absolute atomic E-state index is 0.0735. The Labute approximate surface area is 99.9 Å². The van der Waals surface area contributed by atoms with Gasteiger partial charge in [-0.15, -0.1) is 0 Å². The van der Waals surface area contributed by atoms with E-state index in [1.165, 1.54) is 0 Å². The molecule has 17 heavy (non-hydrogen) atoms. The van der Waals surface area contributed by atoms with Crippen molar-refractivity contribution in [2.45, 2.75) is 19.0 Å². The van der Waals surface area contributed by atoms with E-state index in [1.54, 1.807) is 24.2 Å². The number of rotatable bonds is 4. The Morgan fingerprint density at radius 2 is 2.59 bits per heavy atom. The summed E-state index contributed by atoms with van der Waals surface area (Å²) in [5.74, 6) is 0.762. The van der Waals surface area contributed by atoms with Gasteiger partial charge in [-0.2, -0.15) is 0 Å². The van der Waals surface area contributed by atoms with E-state index in [-0.39, 0.29) is 11.9 Å². The zero-order valence-corrected chi connectivity index (χ0v) is 9.89. The van der Waals surface area contributed by atoms with Crippen molar-refractivity contribution in [1.29, 1.82) is 0 Å². The Balaban J connectivity index is 1.78. The number of ether oxygens (including phenoxy) is 1. The van der Waals surface area contributed by atoms with Crippen LogP contribution in [0.15, 0.2) is 16.8 Å². The molecule has 2 heterocycles. The van der Waals surface area contributed by atoms with Gasteiger partial charge < -0.3 is 19.5 Å². The Morgan fingerprint density at radius 3 is 3.24 bits per heavy atom. The molecule has 0 spiro atoms. The van der Waals surface area contributed by atoms with Crippen LogP contribution in [0.4, 0.5) is 0 Å². The number of nitrogens with one attached hydrogen (secondary N) is 1. The van der Waals surface area contributed by atoms with Gasteiger partial charge in [-0.05, 0) is 0 Å². The number of carbonyl (C=O) groups excluding carboxylic acids is 1. The van der Waals surface area contributed by atoms with Gasteiger partial charge in [0.1, 0.15) is 0 Å². The predicted octanol–water partition coefficient (Wildman–Crippen LogP) is 0.0115. The molecular formula is C11H17N3O3. The molecule has 6 heteroatoms. The van der Waals surface area contributed by atoms with Crippen LogP contribution in [0.1, 0.15) is 12.2 Å². The average molecular weight is 239 g/mol. The van der Waals surface area contributed by atoms with Gasteiger partial charge in [-0.3, -0.25) is 4.79 Å². The monoisotopic (exact) mass is 239 g/mol. The maximum Gasteiger partial charge on any atom is 0.224 e. The van der Waals surface area contributed by atoms with Crippen LogP contribution >= 0.6 is 0 Å². The maximum atomic E-state index is 11.9. The van der Waals surface area contributed by atoms with Crippen LogP contribution < -0.4 is 5.32 Å². The molecule has 1 aromatic rings. The average Bonchev–Trinajstić information content (AvgIpc) is 2.83. The molecular weight excluding hydrogens is 222 g/mol. The first-order valence-corrected chi connectivity index (χ1v) is 5.70. The third-order valence-corrected chi connectivity index (χ3v) is 2.73. The number of hydrogen-bond donors (Lipinski definition) is 1. The number of morpholine rings is 1. The van der Waals surface area contributed by atoms with Gasteiger partial charge in [-0.1, -0.05) is 5.16 Å². The van der Waals surface area contributed by atoms with Gasteiger partial charge >= 0.3 is 0 Å². The smallest absolute Gasteiger partial charge is 0.224 e. The quantitative estimate of drug-likeness (QED) is 0.801. The highest BCUT2D eigenvalue weighted by atomic mass is 16.5. The van der Waals surface area contributed by atoms with Crippen LogP contribution in [0.25, 0.3) is 0 Å².